The van der Waals surface area contributed by atoms with Crippen molar-refractivity contribution in [2.45, 2.75) is 38.8 Å². The average molecular weight is 243 g/mol. The van der Waals surface area contributed by atoms with Crippen LogP contribution in [0.4, 0.5) is 4.79 Å². The summed E-state index contributed by atoms with van der Waals surface area (Å²) in [6, 6.07) is -0.238. The van der Waals surface area contributed by atoms with Crippen LogP contribution in [0.5, 0.6) is 0 Å². The van der Waals surface area contributed by atoms with Crippen molar-refractivity contribution >= 4 is 12.0 Å². The maximum absolute atomic E-state index is 12.2. The molecular formula is C11H21N3O3. The molecule has 1 aliphatic heterocycles. The molecule has 0 aromatic rings. The highest BCUT2D eigenvalue weighted by Gasteiger charge is 2.39. The average Bonchev–Trinajstić information content (AvgIpc) is 2.65. The molecule has 1 heterocycles. The van der Waals surface area contributed by atoms with E-state index < -0.39 is 11.5 Å². The number of urea groups is 1. The molecule has 2 amide bonds. The highest BCUT2D eigenvalue weighted by Crippen LogP contribution is 2.19. The first-order valence-corrected chi connectivity index (χ1v) is 5.86. The number of carbonyl (C=O) groups excluding carboxylic acids is 1. The lowest BCUT2D eigenvalue weighted by molar-refractivity contribution is -0.147. The fourth-order valence-corrected chi connectivity index (χ4v) is 2.02. The van der Waals surface area contributed by atoms with Crippen LogP contribution in [0.3, 0.4) is 0 Å². The molecule has 1 fully saturated rings. The largest absolute Gasteiger partial charge is 0.480 e. The van der Waals surface area contributed by atoms with Crippen molar-refractivity contribution in [3.05, 3.63) is 0 Å². The van der Waals surface area contributed by atoms with Crippen LogP contribution < -0.4 is 5.73 Å². The summed E-state index contributed by atoms with van der Waals surface area (Å²) in [4.78, 5) is 26.4. The molecule has 0 radical (unpaired) electrons. The third-order valence-corrected chi connectivity index (χ3v) is 3.24. The molecule has 0 spiro atoms. The Morgan fingerprint density at radius 3 is 2.47 bits per heavy atom. The molecule has 1 saturated heterocycles. The number of aliphatic carboxylic acids is 1. The van der Waals surface area contributed by atoms with Crippen LogP contribution in [0.2, 0.25) is 0 Å². The SMILES string of the molecule is CCN(C(=O)N1CCC(N)C1)C(C)(C)C(=O)O. The third-order valence-electron chi connectivity index (χ3n) is 3.24. The smallest absolute Gasteiger partial charge is 0.329 e. The molecule has 0 aliphatic carbocycles. The molecule has 1 unspecified atom stereocenters. The molecule has 0 saturated carbocycles. The maximum Gasteiger partial charge on any atom is 0.329 e. The Labute approximate surface area is 101 Å². The molecular weight excluding hydrogens is 222 g/mol. The van der Waals surface area contributed by atoms with E-state index in [4.69, 9.17) is 10.8 Å². The Hall–Kier alpha value is -1.30. The predicted molar refractivity (Wildman–Crippen MR) is 63.7 cm³/mol. The van der Waals surface area contributed by atoms with Gasteiger partial charge in [-0.1, -0.05) is 0 Å². The molecule has 98 valence electrons. The topological polar surface area (TPSA) is 86.9 Å². The van der Waals surface area contributed by atoms with E-state index in [1.165, 1.54) is 18.7 Å². The number of amides is 2. The standard InChI is InChI=1S/C11H21N3O3/c1-4-14(11(2,3)9(15)16)10(17)13-6-5-8(12)7-13/h8H,4-7,12H2,1-3H3,(H,15,16). The lowest BCUT2D eigenvalue weighted by Gasteiger charge is -2.36. The van der Waals surface area contributed by atoms with Gasteiger partial charge in [0.05, 0.1) is 0 Å². The van der Waals surface area contributed by atoms with E-state index in [0.29, 0.717) is 19.6 Å². The van der Waals surface area contributed by atoms with Gasteiger partial charge in [-0.2, -0.15) is 0 Å². The summed E-state index contributed by atoms with van der Waals surface area (Å²) in [5, 5.41) is 9.15. The molecule has 1 rings (SSSR count). The van der Waals surface area contributed by atoms with E-state index >= 15 is 0 Å². The molecule has 17 heavy (non-hydrogen) atoms. The van der Waals surface area contributed by atoms with Gasteiger partial charge in [0.1, 0.15) is 5.54 Å². The molecule has 3 N–H and O–H groups in total. The quantitative estimate of drug-likeness (QED) is 0.747. The lowest BCUT2D eigenvalue weighted by Crippen LogP contribution is -2.56. The van der Waals surface area contributed by atoms with Crippen molar-refractivity contribution in [3.63, 3.8) is 0 Å². The summed E-state index contributed by atoms with van der Waals surface area (Å²) >= 11 is 0. The fourth-order valence-electron chi connectivity index (χ4n) is 2.02. The van der Waals surface area contributed by atoms with E-state index in [0.717, 1.165) is 6.42 Å². The fraction of sp³-hybridized carbons (Fsp3) is 0.818. The van der Waals surface area contributed by atoms with Crippen molar-refractivity contribution in [2.24, 2.45) is 5.73 Å². The maximum atomic E-state index is 12.2. The number of carboxylic acid groups (broad SMARTS) is 1. The van der Waals surface area contributed by atoms with Crippen LogP contribution >= 0.6 is 0 Å². The first-order chi connectivity index (χ1) is 7.80. The second-order valence-electron chi connectivity index (χ2n) is 4.89. The Balaban J connectivity index is 2.81. The van der Waals surface area contributed by atoms with Crippen LogP contribution in [-0.4, -0.2) is 58.1 Å². The summed E-state index contributed by atoms with van der Waals surface area (Å²) in [6.45, 7) is 6.32. The number of carboxylic acids is 1. The highest BCUT2D eigenvalue weighted by molar-refractivity contribution is 5.85. The second kappa shape index (κ2) is 4.91. The lowest BCUT2D eigenvalue weighted by atomic mass is 10.0. The van der Waals surface area contributed by atoms with E-state index in [1.807, 2.05) is 0 Å². The third kappa shape index (κ3) is 2.69. The molecule has 6 heteroatoms. The number of hydrogen-bond donors (Lipinski definition) is 2. The number of nitrogens with zero attached hydrogens (tertiary/aromatic N) is 2. The van der Waals surface area contributed by atoms with Crippen molar-refractivity contribution in [3.8, 4) is 0 Å². The van der Waals surface area contributed by atoms with Gasteiger partial charge in [0.2, 0.25) is 0 Å². The van der Waals surface area contributed by atoms with Gasteiger partial charge in [-0.3, -0.25) is 0 Å². The van der Waals surface area contributed by atoms with Crippen molar-refractivity contribution in [1.82, 2.24) is 9.80 Å². The zero-order valence-corrected chi connectivity index (χ0v) is 10.6. The van der Waals surface area contributed by atoms with Gasteiger partial charge in [-0.15, -0.1) is 0 Å². The van der Waals surface area contributed by atoms with Crippen LogP contribution in [0.15, 0.2) is 0 Å². The summed E-state index contributed by atoms with van der Waals surface area (Å²) in [5.74, 6) is -1.00. The number of rotatable bonds is 3. The van der Waals surface area contributed by atoms with Gasteiger partial charge >= 0.3 is 12.0 Å². The predicted octanol–water partition coefficient (Wildman–Crippen LogP) is 0.325. The van der Waals surface area contributed by atoms with Gasteiger partial charge in [0, 0.05) is 25.7 Å². The number of nitrogens with two attached hydrogens (primary N) is 1. The Morgan fingerprint density at radius 1 is 1.53 bits per heavy atom. The zero-order valence-electron chi connectivity index (χ0n) is 10.6. The van der Waals surface area contributed by atoms with Gasteiger partial charge in [0.15, 0.2) is 0 Å². The van der Waals surface area contributed by atoms with Crippen molar-refractivity contribution in [2.75, 3.05) is 19.6 Å². The number of likely N-dealkylation sites (N-methyl/N-ethyl adjacent to an activating group) is 1. The first-order valence-electron chi connectivity index (χ1n) is 5.86. The number of carbonyl (C=O) groups is 2. The van der Waals surface area contributed by atoms with Gasteiger partial charge in [-0.05, 0) is 27.2 Å². The van der Waals surface area contributed by atoms with Gasteiger partial charge in [-0.25, -0.2) is 9.59 Å². The first kappa shape index (κ1) is 13.8. The van der Waals surface area contributed by atoms with Crippen LogP contribution in [0.25, 0.3) is 0 Å². The summed E-state index contributed by atoms with van der Waals surface area (Å²) in [6.07, 6.45) is 0.775. The molecule has 6 nitrogen and oxygen atoms in total. The van der Waals surface area contributed by atoms with E-state index in [2.05, 4.69) is 0 Å². The monoisotopic (exact) mass is 243 g/mol. The minimum Gasteiger partial charge on any atom is -0.480 e. The Bertz CT molecular complexity index is 317. The zero-order chi connectivity index (χ0) is 13.2. The van der Waals surface area contributed by atoms with Crippen LogP contribution in [-0.2, 0) is 4.79 Å². The Kier molecular flexibility index (Phi) is 3.98. The van der Waals surface area contributed by atoms with Crippen LogP contribution in [0.1, 0.15) is 27.2 Å². The highest BCUT2D eigenvalue weighted by atomic mass is 16.4. The Morgan fingerprint density at radius 2 is 2.12 bits per heavy atom. The molecule has 0 bridgehead atoms. The summed E-state index contributed by atoms with van der Waals surface area (Å²) in [5.41, 5.74) is 4.55. The van der Waals surface area contributed by atoms with Crippen molar-refractivity contribution < 1.29 is 14.7 Å². The van der Waals surface area contributed by atoms with E-state index in [-0.39, 0.29) is 12.1 Å². The molecule has 1 aliphatic rings. The van der Waals surface area contributed by atoms with E-state index in [1.54, 1.807) is 11.8 Å². The van der Waals surface area contributed by atoms with Gasteiger partial charge < -0.3 is 20.6 Å². The minimum absolute atomic E-state index is 0.00518. The molecule has 0 aromatic carbocycles. The summed E-state index contributed by atoms with van der Waals surface area (Å²) in [7, 11) is 0. The molecule has 1 atom stereocenters. The minimum atomic E-state index is -1.20. The molecule has 0 aromatic heterocycles. The van der Waals surface area contributed by atoms with Crippen LogP contribution in [0, 0.1) is 0 Å². The van der Waals surface area contributed by atoms with Crippen molar-refractivity contribution in [1.29, 1.82) is 0 Å². The van der Waals surface area contributed by atoms with E-state index in [9.17, 15) is 9.59 Å². The second-order valence-corrected chi connectivity index (χ2v) is 4.89. The number of likely N-dealkylation sites (tertiary alicyclic amines) is 1. The number of hydrogen-bond acceptors (Lipinski definition) is 3. The normalized spacial score (nSPS) is 20.5. The van der Waals surface area contributed by atoms with Gasteiger partial charge in [0.25, 0.3) is 0 Å². The summed E-state index contributed by atoms with van der Waals surface area (Å²) < 4.78 is 0.